The lowest BCUT2D eigenvalue weighted by Crippen LogP contribution is -2.56. The van der Waals surface area contributed by atoms with Crippen LogP contribution in [0.5, 0.6) is 0 Å². The van der Waals surface area contributed by atoms with Gasteiger partial charge in [0.25, 0.3) is 17.7 Å². The smallest absolute Gasteiger partial charge is 0.320 e. The number of nitrogens with two attached hydrogens (primary N) is 1. The Morgan fingerprint density at radius 2 is 1.82 bits per heavy atom. The quantitative estimate of drug-likeness (QED) is 0.379. The average molecular weight is 463 g/mol. The Morgan fingerprint density at radius 3 is 2.30 bits per heavy atom. The number of nitrogens with zero attached hydrogens (tertiary/aromatic N) is 3. The summed E-state index contributed by atoms with van der Waals surface area (Å²) < 4.78 is 0. The van der Waals surface area contributed by atoms with Gasteiger partial charge in [-0.3, -0.25) is 38.7 Å². The number of likely N-dealkylation sites (tertiary alicyclic amines) is 1. The van der Waals surface area contributed by atoms with E-state index in [9.17, 15) is 24.0 Å². The molecule has 0 bridgehead atoms. The maximum Gasteiger partial charge on any atom is 0.320 e. The highest BCUT2D eigenvalue weighted by atomic mass is 16.4. The SMILES string of the molecule is CCN(CC)[C@@H](C)C(=O)O.Nc1cccc2c1C(=O)N(C1CCC(=O)N(CCO)C1=O)C2=O. The molecule has 2 atom stereocenters. The van der Waals surface area contributed by atoms with Crippen molar-refractivity contribution in [1.29, 1.82) is 0 Å². The Balaban J connectivity index is 0.000000328. The van der Waals surface area contributed by atoms with Crippen molar-refractivity contribution in [3.8, 4) is 0 Å². The summed E-state index contributed by atoms with van der Waals surface area (Å²) in [6, 6.07) is 3.15. The molecule has 1 aromatic rings. The number of piperidine rings is 1. The van der Waals surface area contributed by atoms with Crippen molar-refractivity contribution in [1.82, 2.24) is 14.7 Å². The number of anilines is 1. The average Bonchev–Trinajstić information content (AvgIpc) is 3.04. The number of imide groups is 2. The number of aliphatic hydroxyl groups excluding tert-OH is 1. The van der Waals surface area contributed by atoms with Crippen LogP contribution in [-0.2, 0) is 14.4 Å². The number of fused-ring (bicyclic) bond motifs is 1. The number of carbonyl (C=O) groups excluding carboxylic acids is 4. The molecule has 1 aromatic carbocycles. The summed E-state index contributed by atoms with van der Waals surface area (Å²) in [7, 11) is 0. The Morgan fingerprint density at radius 1 is 1.18 bits per heavy atom. The van der Waals surface area contributed by atoms with Gasteiger partial charge in [-0.25, -0.2) is 0 Å². The van der Waals surface area contributed by atoms with Crippen LogP contribution in [0.3, 0.4) is 0 Å². The maximum absolute atomic E-state index is 12.5. The topological polar surface area (TPSA) is 162 Å². The van der Waals surface area contributed by atoms with E-state index in [1.807, 2.05) is 18.7 Å². The van der Waals surface area contributed by atoms with Crippen LogP contribution < -0.4 is 5.73 Å². The molecule has 2 aliphatic heterocycles. The van der Waals surface area contributed by atoms with E-state index in [1.165, 1.54) is 12.1 Å². The van der Waals surface area contributed by atoms with Crippen LogP contribution in [0.2, 0.25) is 0 Å². The fourth-order valence-electron chi connectivity index (χ4n) is 3.94. The van der Waals surface area contributed by atoms with Crippen LogP contribution in [0.4, 0.5) is 5.69 Å². The standard InChI is InChI=1S/C15H15N3O5.C7H15NO2/c16-9-3-1-2-8-12(9)15(23)18(13(8)21)10-4-5-11(20)17(6-7-19)14(10)22;1-4-8(5-2)6(3)7(9)10/h1-3,10,19H,4-7,16H2;6H,4-5H2,1-3H3,(H,9,10)/t;6-/m.0/s1. The molecule has 1 saturated heterocycles. The van der Waals surface area contributed by atoms with Crippen molar-refractivity contribution in [2.75, 3.05) is 32.0 Å². The van der Waals surface area contributed by atoms with Crippen molar-refractivity contribution in [3.63, 3.8) is 0 Å². The third-order valence-electron chi connectivity index (χ3n) is 5.82. The number of β-amino-alcohol motifs (C(OH)–C–C–N with tert-alkyl or cyclic N) is 1. The number of carbonyl (C=O) groups is 5. The van der Waals surface area contributed by atoms with E-state index in [4.69, 9.17) is 15.9 Å². The van der Waals surface area contributed by atoms with Gasteiger partial charge in [0, 0.05) is 12.1 Å². The molecule has 1 fully saturated rings. The summed E-state index contributed by atoms with van der Waals surface area (Å²) in [5, 5.41) is 17.6. The molecule has 0 aliphatic carbocycles. The summed E-state index contributed by atoms with van der Waals surface area (Å²) in [6.07, 6.45) is 0.101. The van der Waals surface area contributed by atoms with E-state index in [2.05, 4.69) is 0 Å². The van der Waals surface area contributed by atoms with Gasteiger partial charge in [0.1, 0.15) is 12.1 Å². The molecule has 33 heavy (non-hydrogen) atoms. The number of carboxylic acid groups (broad SMARTS) is 1. The zero-order valence-electron chi connectivity index (χ0n) is 19.0. The fraction of sp³-hybridized carbons (Fsp3) is 0.500. The molecule has 11 nitrogen and oxygen atoms in total. The van der Waals surface area contributed by atoms with E-state index in [-0.39, 0.29) is 48.8 Å². The highest BCUT2D eigenvalue weighted by Gasteiger charge is 2.47. The van der Waals surface area contributed by atoms with Crippen molar-refractivity contribution >= 4 is 35.3 Å². The van der Waals surface area contributed by atoms with Gasteiger partial charge < -0.3 is 15.9 Å². The van der Waals surface area contributed by atoms with Gasteiger partial charge in [0.15, 0.2) is 0 Å². The molecular weight excluding hydrogens is 432 g/mol. The van der Waals surface area contributed by atoms with E-state index in [1.54, 1.807) is 13.0 Å². The first-order chi connectivity index (χ1) is 15.6. The third-order valence-corrected chi connectivity index (χ3v) is 5.82. The zero-order valence-corrected chi connectivity index (χ0v) is 19.0. The number of carboxylic acids is 1. The predicted molar refractivity (Wildman–Crippen MR) is 118 cm³/mol. The summed E-state index contributed by atoms with van der Waals surface area (Å²) in [6.45, 7) is 6.69. The lowest BCUT2D eigenvalue weighted by Gasteiger charge is -2.34. The summed E-state index contributed by atoms with van der Waals surface area (Å²) in [5.41, 5.74) is 6.20. The van der Waals surface area contributed by atoms with Gasteiger partial charge >= 0.3 is 5.97 Å². The second-order valence-electron chi connectivity index (χ2n) is 7.65. The molecule has 180 valence electrons. The molecule has 0 radical (unpaired) electrons. The highest BCUT2D eigenvalue weighted by Crippen LogP contribution is 2.31. The first-order valence-corrected chi connectivity index (χ1v) is 10.8. The number of rotatable bonds is 7. The largest absolute Gasteiger partial charge is 0.480 e. The lowest BCUT2D eigenvalue weighted by molar-refractivity contribution is -0.152. The van der Waals surface area contributed by atoms with Crippen molar-refractivity contribution in [2.45, 2.75) is 45.7 Å². The molecule has 1 unspecified atom stereocenters. The normalized spacial score (nSPS) is 18.9. The van der Waals surface area contributed by atoms with Crippen molar-refractivity contribution in [3.05, 3.63) is 29.3 Å². The van der Waals surface area contributed by atoms with Gasteiger partial charge in [-0.15, -0.1) is 0 Å². The van der Waals surface area contributed by atoms with Gasteiger partial charge in [-0.2, -0.15) is 0 Å². The molecule has 2 heterocycles. The minimum atomic E-state index is -1.05. The summed E-state index contributed by atoms with van der Waals surface area (Å²) in [5.74, 6) is -3.03. The fourth-order valence-corrected chi connectivity index (χ4v) is 3.94. The van der Waals surface area contributed by atoms with Crippen LogP contribution >= 0.6 is 0 Å². The van der Waals surface area contributed by atoms with Crippen LogP contribution in [0.1, 0.15) is 54.3 Å². The predicted octanol–water partition coefficient (Wildman–Crippen LogP) is 0.176. The number of hydrogen-bond donors (Lipinski definition) is 3. The van der Waals surface area contributed by atoms with E-state index in [0.717, 1.165) is 22.9 Å². The Kier molecular flexibility index (Phi) is 8.66. The monoisotopic (exact) mass is 462 g/mol. The molecule has 0 spiro atoms. The maximum atomic E-state index is 12.5. The molecule has 0 aromatic heterocycles. The third kappa shape index (κ3) is 5.20. The molecule has 4 amide bonds. The second-order valence-corrected chi connectivity index (χ2v) is 7.65. The van der Waals surface area contributed by atoms with Crippen molar-refractivity contribution < 1.29 is 34.2 Å². The van der Waals surface area contributed by atoms with Crippen LogP contribution in [0, 0.1) is 0 Å². The molecule has 4 N–H and O–H groups in total. The molecule has 3 rings (SSSR count). The number of likely N-dealkylation sites (N-methyl/N-ethyl adjacent to an activating group) is 1. The second kappa shape index (κ2) is 11.0. The van der Waals surface area contributed by atoms with Gasteiger partial charge in [-0.05, 0) is 38.6 Å². The van der Waals surface area contributed by atoms with Crippen LogP contribution in [0.25, 0.3) is 0 Å². The summed E-state index contributed by atoms with van der Waals surface area (Å²) in [4.78, 5) is 63.3. The van der Waals surface area contributed by atoms with Crippen molar-refractivity contribution in [2.24, 2.45) is 0 Å². The van der Waals surface area contributed by atoms with Crippen LogP contribution in [-0.4, -0.2) is 92.8 Å². The minimum absolute atomic E-state index is 0.0271. The number of nitrogen functional groups attached to an aromatic ring is 1. The Hall–Kier alpha value is -3.31. The zero-order chi connectivity index (χ0) is 24.9. The number of aliphatic hydroxyl groups is 1. The molecular formula is C22H30N4O7. The molecule has 11 heteroatoms. The molecule has 2 aliphatic rings. The highest BCUT2D eigenvalue weighted by molar-refractivity contribution is 6.25. The first-order valence-electron chi connectivity index (χ1n) is 10.8. The molecule has 0 saturated carbocycles. The Bertz CT molecular complexity index is 945. The van der Waals surface area contributed by atoms with E-state index < -0.39 is 35.6 Å². The van der Waals surface area contributed by atoms with Gasteiger partial charge in [-0.1, -0.05) is 19.9 Å². The Labute approximate surface area is 191 Å². The minimum Gasteiger partial charge on any atom is -0.480 e. The summed E-state index contributed by atoms with van der Waals surface area (Å²) >= 11 is 0. The van der Waals surface area contributed by atoms with E-state index >= 15 is 0 Å². The number of hydrogen-bond acceptors (Lipinski definition) is 8. The van der Waals surface area contributed by atoms with Crippen LogP contribution in [0.15, 0.2) is 18.2 Å². The number of aliphatic carboxylic acids is 1. The number of amides is 4. The number of benzene rings is 1. The van der Waals surface area contributed by atoms with E-state index in [0.29, 0.717) is 0 Å². The lowest BCUT2D eigenvalue weighted by atomic mass is 10.0. The van der Waals surface area contributed by atoms with Gasteiger partial charge in [0.2, 0.25) is 5.91 Å². The first kappa shape index (κ1) is 25.9. The van der Waals surface area contributed by atoms with Gasteiger partial charge in [0.05, 0.1) is 24.3 Å².